The van der Waals surface area contributed by atoms with Gasteiger partial charge in [-0.05, 0) is 26.2 Å². The van der Waals surface area contributed by atoms with Gasteiger partial charge in [-0.15, -0.1) is 0 Å². The molecule has 1 fully saturated rings. The van der Waals surface area contributed by atoms with Gasteiger partial charge in [0.05, 0.1) is 6.61 Å². The molecule has 100 valence electrons. The number of nitrogens with zero attached hydrogens (tertiary/aromatic N) is 2. The van der Waals surface area contributed by atoms with Gasteiger partial charge in [0.2, 0.25) is 11.7 Å². The molecule has 1 atom stereocenters. The molecule has 0 amide bonds. The van der Waals surface area contributed by atoms with Crippen LogP contribution in [0.5, 0.6) is 0 Å². The van der Waals surface area contributed by atoms with Gasteiger partial charge in [0, 0.05) is 7.11 Å². The molecule has 1 aromatic heterocycles. The third-order valence-electron chi connectivity index (χ3n) is 3.21. The summed E-state index contributed by atoms with van der Waals surface area (Å²) in [7, 11) is 1.60. The zero-order chi connectivity index (χ0) is 13.2. The topological polar surface area (TPSA) is 74.5 Å². The normalized spacial score (nSPS) is 18.4. The predicted octanol–water partition coefficient (Wildman–Crippen LogP) is 1.76. The van der Waals surface area contributed by atoms with Gasteiger partial charge in [-0.1, -0.05) is 12.1 Å². The molecule has 18 heavy (non-hydrogen) atoms. The Hall–Kier alpha value is -1.43. The second-order valence-corrected chi connectivity index (χ2v) is 4.39. The van der Waals surface area contributed by atoms with Gasteiger partial charge in [0.15, 0.2) is 0 Å². The maximum absolute atomic E-state index is 11.9. The largest absolute Gasteiger partial charge is 0.465 e. The second-order valence-electron chi connectivity index (χ2n) is 4.39. The van der Waals surface area contributed by atoms with E-state index in [9.17, 15) is 4.79 Å². The molecule has 1 heterocycles. The summed E-state index contributed by atoms with van der Waals surface area (Å²) in [5.41, 5.74) is -0.701. The van der Waals surface area contributed by atoms with Gasteiger partial charge in [-0.2, -0.15) is 4.98 Å². The van der Waals surface area contributed by atoms with E-state index in [0.29, 0.717) is 31.2 Å². The molecule has 0 aliphatic heterocycles. The predicted molar refractivity (Wildman–Crippen MR) is 61.9 cm³/mol. The summed E-state index contributed by atoms with van der Waals surface area (Å²) in [5, 5.41) is 3.89. The number of carbonyl (C=O) groups is 1. The highest BCUT2D eigenvalue weighted by Crippen LogP contribution is 2.48. The average Bonchev–Trinajstić information content (AvgIpc) is 3.05. The number of aromatic nitrogens is 2. The quantitative estimate of drug-likeness (QED) is 0.720. The molecule has 1 aromatic rings. The number of hydrogen-bond acceptors (Lipinski definition) is 6. The molecular weight excluding hydrogens is 236 g/mol. The van der Waals surface area contributed by atoms with Crippen molar-refractivity contribution in [1.82, 2.24) is 10.1 Å². The SMILES string of the molecule is CCOC(=O)C1(c2nc(C(CC)OC)no2)CC1. The van der Waals surface area contributed by atoms with Gasteiger partial charge in [-0.25, -0.2) is 0 Å². The van der Waals surface area contributed by atoms with Crippen LogP contribution in [-0.2, 0) is 19.7 Å². The molecule has 1 saturated carbocycles. The molecule has 6 nitrogen and oxygen atoms in total. The zero-order valence-electron chi connectivity index (χ0n) is 10.9. The van der Waals surface area contributed by atoms with Crippen molar-refractivity contribution in [3.8, 4) is 0 Å². The summed E-state index contributed by atoms with van der Waals surface area (Å²) in [5.74, 6) is 0.572. The van der Waals surface area contributed by atoms with E-state index in [2.05, 4.69) is 10.1 Å². The first-order valence-electron chi connectivity index (χ1n) is 6.22. The van der Waals surface area contributed by atoms with Crippen molar-refractivity contribution >= 4 is 5.97 Å². The van der Waals surface area contributed by atoms with Crippen molar-refractivity contribution < 1.29 is 18.8 Å². The minimum absolute atomic E-state index is 0.194. The van der Waals surface area contributed by atoms with Crippen molar-refractivity contribution in [2.45, 2.75) is 44.6 Å². The Balaban J connectivity index is 2.17. The number of ether oxygens (including phenoxy) is 2. The van der Waals surface area contributed by atoms with Gasteiger partial charge < -0.3 is 14.0 Å². The van der Waals surface area contributed by atoms with E-state index >= 15 is 0 Å². The summed E-state index contributed by atoms with van der Waals surface area (Å²) in [4.78, 5) is 16.2. The first-order valence-corrected chi connectivity index (χ1v) is 6.22. The van der Waals surface area contributed by atoms with E-state index in [1.165, 1.54) is 0 Å². The molecule has 0 spiro atoms. The Morgan fingerprint density at radius 1 is 1.50 bits per heavy atom. The Labute approximate surface area is 106 Å². The van der Waals surface area contributed by atoms with Gasteiger partial charge >= 0.3 is 5.97 Å². The summed E-state index contributed by atoms with van der Waals surface area (Å²) < 4.78 is 15.5. The lowest BCUT2D eigenvalue weighted by Gasteiger charge is -2.09. The van der Waals surface area contributed by atoms with Crippen LogP contribution in [0.3, 0.4) is 0 Å². The monoisotopic (exact) mass is 254 g/mol. The molecule has 0 aromatic carbocycles. The molecule has 0 N–H and O–H groups in total. The fraction of sp³-hybridized carbons (Fsp3) is 0.750. The third kappa shape index (κ3) is 2.12. The van der Waals surface area contributed by atoms with E-state index in [1.54, 1.807) is 14.0 Å². The van der Waals surface area contributed by atoms with E-state index in [0.717, 1.165) is 6.42 Å². The highest BCUT2D eigenvalue weighted by Gasteiger charge is 2.57. The van der Waals surface area contributed by atoms with Gasteiger partial charge in [-0.3, -0.25) is 4.79 Å². The number of carbonyl (C=O) groups excluding carboxylic acids is 1. The van der Waals surface area contributed by atoms with Crippen LogP contribution >= 0.6 is 0 Å². The maximum atomic E-state index is 11.9. The van der Waals surface area contributed by atoms with Crippen LogP contribution in [0, 0.1) is 0 Å². The minimum atomic E-state index is -0.701. The van der Waals surface area contributed by atoms with Crippen LogP contribution in [0.15, 0.2) is 4.52 Å². The van der Waals surface area contributed by atoms with E-state index in [1.807, 2.05) is 6.92 Å². The molecule has 0 bridgehead atoms. The van der Waals surface area contributed by atoms with Crippen LogP contribution < -0.4 is 0 Å². The Morgan fingerprint density at radius 3 is 2.72 bits per heavy atom. The van der Waals surface area contributed by atoms with Crippen molar-refractivity contribution in [1.29, 1.82) is 0 Å². The fourth-order valence-corrected chi connectivity index (χ4v) is 1.91. The molecule has 2 rings (SSSR count). The van der Waals surface area contributed by atoms with Crippen LogP contribution in [0.25, 0.3) is 0 Å². The summed E-state index contributed by atoms with van der Waals surface area (Å²) in [6.45, 7) is 4.12. The Morgan fingerprint density at radius 2 is 2.22 bits per heavy atom. The van der Waals surface area contributed by atoms with Gasteiger partial charge in [0.25, 0.3) is 0 Å². The van der Waals surface area contributed by atoms with Crippen LogP contribution in [0.2, 0.25) is 0 Å². The smallest absolute Gasteiger partial charge is 0.321 e. The summed E-state index contributed by atoms with van der Waals surface area (Å²) in [6.07, 6.45) is 1.97. The van der Waals surface area contributed by atoms with Crippen LogP contribution in [-0.4, -0.2) is 29.8 Å². The van der Waals surface area contributed by atoms with E-state index in [4.69, 9.17) is 14.0 Å². The van der Waals surface area contributed by atoms with Crippen molar-refractivity contribution in [3.63, 3.8) is 0 Å². The number of hydrogen-bond donors (Lipinski definition) is 0. The summed E-state index contributed by atoms with van der Waals surface area (Å²) in [6, 6.07) is 0. The lowest BCUT2D eigenvalue weighted by molar-refractivity contribution is -0.146. The van der Waals surface area contributed by atoms with Crippen LogP contribution in [0.1, 0.15) is 50.9 Å². The molecule has 0 radical (unpaired) electrons. The fourth-order valence-electron chi connectivity index (χ4n) is 1.91. The Bertz CT molecular complexity index is 421. The highest BCUT2D eigenvalue weighted by atomic mass is 16.5. The van der Waals surface area contributed by atoms with Crippen molar-refractivity contribution in [3.05, 3.63) is 11.7 Å². The average molecular weight is 254 g/mol. The molecular formula is C12H18N2O4. The molecule has 0 saturated heterocycles. The Kier molecular flexibility index (Phi) is 3.65. The maximum Gasteiger partial charge on any atom is 0.321 e. The third-order valence-corrected chi connectivity index (χ3v) is 3.21. The number of esters is 1. The standard InChI is InChI=1S/C12H18N2O4/c1-4-8(16-3)9-13-10(18-14-9)12(6-7-12)11(15)17-5-2/h8H,4-7H2,1-3H3. The first-order chi connectivity index (χ1) is 8.67. The van der Waals surface area contributed by atoms with Crippen molar-refractivity contribution in [2.75, 3.05) is 13.7 Å². The first kappa shape index (κ1) is 13.0. The second kappa shape index (κ2) is 5.06. The molecule has 1 aliphatic carbocycles. The lowest BCUT2D eigenvalue weighted by atomic mass is 10.1. The van der Waals surface area contributed by atoms with Gasteiger partial charge in [0.1, 0.15) is 11.5 Å². The lowest BCUT2D eigenvalue weighted by Crippen LogP contribution is -2.23. The number of methoxy groups -OCH3 is 1. The minimum Gasteiger partial charge on any atom is -0.465 e. The van der Waals surface area contributed by atoms with Crippen LogP contribution in [0.4, 0.5) is 0 Å². The van der Waals surface area contributed by atoms with E-state index < -0.39 is 5.41 Å². The zero-order valence-corrected chi connectivity index (χ0v) is 10.9. The summed E-state index contributed by atoms with van der Waals surface area (Å²) >= 11 is 0. The molecule has 1 aliphatic rings. The molecule has 1 unspecified atom stereocenters. The molecule has 6 heteroatoms. The number of rotatable bonds is 6. The van der Waals surface area contributed by atoms with Crippen molar-refractivity contribution in [2.24, 2.45) is 0 Å². The highest BCUT2D eigenvalue weighted by molar-refractivity contribution is 5.85. The van der Waals surface area contributed by atoms with E-state index in [-0.39, 0.29) is 12.1 Å².